The molecule has 11 nitrogen and oxygen atoms in total. The highest BCUT2D eigenvalue weighted by Crippen LogP contribution is 2.19. The highest BCUT2D eigenvalue weighted by Gasteiger charge is 2.21. The number of morpholine rings is 1. The molecule has 0 unspecified atom stereocenters. The minimum absolute atomic E-state index is 0.0340. The third kappa shape index (κ3) is 3.67. The Morgan fingerprint density at radius 3 is 3.19 bits per heavy atom. The zero-order valence-electron chi connectivity index (χ0n) is 14.9. The van der Waals surface area contributed by atoms with E-state index in [2.05, 4.69) is 35.3 Å². The minimum atomic E-state index is -0.123. The van der Waals surface area contributed by atoms with Crippen molar-refractivity contribution in [3.63, 3.8) is 0 Å². The Labute approximate surface area is 154 Å². The molecular weight excluding hydrogens is 350 g/mol. The van der Waals surface area contributed by atoms with E-state index in [1.54, 1.807) is 25.6 Å². The molecule has 0 aliphatic carbocycles. The van der Waals surface area contributed by atoms with Crippen molar-refractivity contribution in [3.8, 4) is 0 Å². The number of rotatable bonds is 5. The number of aromatic nitrogens is 6. The summed E-state index contributed by atoms with van der Waals surface area (Å²) in [4.78, 5) is 29.3. The van der Waals surface area contributed by atoms with Crippen LogP contribution in [0.3, 0.4) is 0 Å². The molecule has 3 aromatic rings. The lowest BCUT2D eigenvalue weighted by atomic mass is 10.2. The van der Waals surface area contributed by atoms with Gasteiger partial charge in [-0.1, -0.05) is 0 Å². The second kappa shape index (κ2) is 7.19. The summed E-state index contributed by atoms with van der Waals surface area (Å²) < 4.78 is 7.17. The highest BCUT2D eigenvalue weighted by molar-refractivity contribution is 5.83. The maximum Gasteiger partial charge on any atom is 0.268 e. The summed E-state index contributed by atoms with van der Waals surface area (Å²) in [5.74, 6) is 0.800. The smallest absolute Gasteiger partial charge is 0.268 e. The predicted octanol–water partition coefficient (Wildman–Crippen LogP) is -0.264. The van der Waals surface area contributed by atoms with E-state index >= 15 is 0 Å². The van der Waals surface area contributed by atoms with E-state index in [9.17, 15) is 4.79 Å². The molecule has 0 saturated carbocycles. The molecule has 0 bridgehead atoms. The van der Waals surface area contributed by atoms with Gasteiger partial charge in [0.2, 0.25) is 5.95 Å². The molecular formula is C16H21N9O2. The summed E-state index contributed by atoms with van der Waals surface area (Å²) >= 11 is 0. The van der Waals surface area contributed by atoms with Crippen molar-refractivity contribution in [1.82, 2.24) is 29.7 Å². The average molecular weight is 371 g/mol. The Hall–Kier alpha value is -3.21. The third-order valence-electron chi connectivity index (χ3n) is 4.52. The highest BCUT2D eigenvalue weighted by atomic mass is 16.5. The van der Waals surface area contributed by atoms with Gasteiger partial charge >= 0.3 is 0 Å². The standard InChI is InChI=1S/C16H21N9O2/c1-24-12(26)6-10(7-21-24)25-4-5-27-11(8-25)2-3-18-14-13-15(20-9-19-13)23-16(17)22-14/h6-7,9,11H,2-5,8H2,1H3,(H4,17,18,19,20,22,23)/t11-/m1/s1. The summed E-state index contributed by atoms with van der Waals surface area (Å²) in [6, 6.07) is 1.60. The second-order valence-corrected chi connectivity index (χ2v) is 6.36. The van der Waals surface area contributed by atoms with Crippen LogP contribution in [0.25, 0.3) is 11.2 Å². The molecule has 1 fully saturated rings. The fourth-order valence-electron chi connectivity index (χ4n) is 3.09. The largest absolute Gasteiger partial charge is 0.374 e. The fraction of sp³-hybridized carbons (Fsp3) is 0.438. The van der Waals surface area contributed by atoms with Gasteiger partial charge < -0.3 is 25.7 Å². The van der Waals surface area contributed by atoms with Crippen LogP contribution in [0.5, 0.6) is 0 Å². The number of ether oxygens (including phenoxy) is 1. The SMILES string of the molecule is Cn1ncc(N2CCO[C@H](CCNc3nc(N)nc4nc[nH]c34)C2)cc1=O. The molecule has 27 heavy (non-hydrogen) atoms. The normalized spacial score (nSPS) is 17.4. The summed E-state index contributed by atoms with van der Waals surface area (Å²) in [5.41, 5.74) is 7.68. The number of hydrogen-bond acceptors (Lipinski definition) is 9. The number of imidazole rings is 1. The number of anilines is 3. The molecule has 142 valence electrons. The van der Waals surface area contributed by atoms with Crippen molar-refractivity contribution >= 4 is 28.6 Å². The Morgan fingerprint density at radius 1 is 1.44 bits per heavy atom. The van der Waals surface area contributed by atoms with Gasteiger partial charge in [-0.3, -0.25) is 4.79 Å². The number of fused-ring (bicyclic) bond motifs is 1. The van der Waals surface area contributed by atoms with Crippen molar-refractivity contribution in [1.29, 1.82) is 0 Å². The topological polar surface area (TPSA) is 140 Å². The van der Waals surface area contributed by atoms with E-state index < -0.39 is 0 Å². The van der Waals surface area contributed by atoms with Crippen LogP contribution in [0.4, 0.5) is 17.5 Å². The summed E-state index contributed by atoms with van der Waals surface area (Å²) in [6.07, 6.45) is 4.07. The molecule has 1 atom stereocenters. The number of H-pyrrole nitrogens is 1. The van der Waals surface area contributed by atoms with Crippen LogP contribution in [0, 0.1) is 0 Å². The molecule has 0 amide bonds. The molecule has 4 rings (SSSR count). The number of aryl methyl sites for hydroxylation is 1. The lowest BCUT2D eigenvalue weighted by molar-refractivity contribution is 0.0375. The molecule has 4 N–H and O–H groups in total. The average Bonchev–Trinajstić information content (AvgIpc) is 3.12. The van der Waals surface area contributed by atoms with E-state index in [4.69, 9.17) is 10.5 Å². The van der Waals surface area contributed by atoms with Crippen LogP contribution in [-0.2, 0) is 11.8 Å². The van der Waals surface area contributed by atoms with Crippen LogP contribution in [0.1, 0.15) is 6.42 Å². The van der Waals surface area contributed by atoms with Crippen LogP contribution >= 0.6 is 0 Å². The molecule has 3 aromatic heterocycles. The molecule has 0 aromatic carbocycles. The van der Waals surface area contributed by atoms with E-state index in [1.165, 1.54) is 4.68 Å². The van der Waals surface area contributed by atoms with Gasteiger partial charge in [0.15, 0.2) is 11.5 Å². The van der Waals surface area contributed by atoms with Crippen molar-refractivity contribution in [3.05, 3.63) is 28.9 Å². The second-order valence-electron chi connectivity index (χ2n) is 6.36. The van der Waals surface area contributed by atoms with Crippen LogP contribution in [0.2, 0.25) is 0 Å². The van der Waals surface area contributed by atoms with E-state index in [0.717, 1.165) is 24.2 Å². The zero-order valence-corrected chi connectivity index (χ0v) is 14.9. The van der Waals surface area contributed by atoms with Gasteiger partial charge in [-0.05, 0) is 6.42 Å². The van der Waals surface area contributed by atoms with Gasteiger partial charge in [-0.15, -0.1) is 0 Å². The number of aromatic amines is 1. The monoisotopic (exact) mass is 371 g/mol. The third-order valence-corrected chi connectivity index (χ3v) is 4.52. The van der Waals surface area contributed by atoms with Gasteiger partial charge in [-0.25, -0.2) is 9.67 Å². The number of nitrogen functional groups attached to an aromatic ring is 1. The summed E-state index contributed by atoms with van der Waals surface area (Å²) in [7, 11) is 1.64. The quantitative estimate of drug-likeness (QED) is 0.553. The van der Waals surface area contributed by atoms with Gasteiger partial charge in [-0.2, -0.15) is 15.1 Å². The van der Waals surface area contributed by atoms with E-state index in [-0.39, 0.29) is 17.6 Å². The van der Waals surface area contributed by atoms with Gasteiger partial charge in [0.05, 0.1) is 30.9 Å². The van der Waals surface area contributed by atoms with Crippen LogP contribution in [-0.4, -0.2) is 62.1 Å². The molecule has 4 heterocycles. The Balaban J connectivity index is 1.37. The molecule has 11 heteroatoms. The minimum Gasteiger partial charge on any atom is -0.374 e. The lowest BCUT2D eigenvalue weighted by Crippen LogP contribution is -2.43. The fourth-order valence-corrected chi connectivity index (χ4v) is 3.09. The Morgan fingerprint density at radius 2 is 2.33 bits per heavy atom. The predicted molar refractivity (Wildman–Crippen MR) is 101 cm³/mol. The Bertz CT molecular complexity index is 999. The van der Waals surface area contributed by atoms with Gasteiger partial charge in [0, 0.05) is 32.7 Å². The number of nitrogens with zero attached hydrogens (tertiary/aromatic N) is 6. The zero-order chi connectivity index (χ0) is 18.8. The van der Waals surface area contributed by atoms with Crippen molar-refractivity contribution in [2.45, 2.75) is 12.5 Å². The summed E-state index contributed by atoms with van der Waals surface area (Å²) in [6.45, 7) is 2.68. The first-order chi connectivity index (χ1) is 13.1. The first kappa shape index (κ1) is 17.2. The number of hydrogen-bond donors (Lipinski definition) is 3. The summed E-state index contributed by atoms with van der Waals surface area (Å²) in [5, 5.41) is 7.35. The van der Waals surface area contributed by atoms with Crippen molar-refractivity contribution in [2.24, 2.45) is 7.05 Å². The number of nitrogens with one attached hydrogen (secondary N) is 2. The number of nitrogens with two attached hydrogens (primary N) is 1. The van der Waals surface area contributed by atoms with Crippen LogP contribution < -0.4 is 21.5 Å². The maximum atomic E-state index is 11.8. The van der Waals surface area contributed by atoms with Crippen molar-refractivity contribution in [2.75, 3.05) is 42.2 Å². The molecule has 0 radical (unpaired) electrons. The maximum absolute atomic E-state index is 11.8. The van der Waals surface area contributed by atoms with Crippen molar-refractivity contribution < 1.29 is 4.74 Å². The molecule has 1 saturated heterocycles. The van der Waals surface area contributed by atoms with E-state index in [0.29, 0.717) is 31.2 Å². The van der Waals surface area contributed by atoms with Crippen LogP contribution in [0.15, 0.2) is 23.4 Å². The molecule has 0 spiro atoms. The Kier molecular flexibility index (Phi) is 4.59. The molecule has 1 aliphatic rings. The van der Waals surface area contributed by atoms with Gasteiger partial charge in [0.1, 0.15) is 5.52 Å². The van der Waals surface area contributed by atoms with E-state index in [1.807, 2.05) is 0 Å². The first-order valence-corrected chi connectivity index (χ1v) is 8.70. The lowest BCUT2D eigenvalue weighted by Gasteiger charge is -2.34. The first-order valence-electron chi connectivity index (χ1n) is 8.70. The molecule has 1 aliphatic heterocycles. The van der Waals surface area contributed by atoms with Gasteiger partial charge in [0.25, 0.3) is 5.56 Å².